The molecule has 1 saturated heterocycles. The molecule has 2 fully saturated rings. The molecule has 5 rings (SSSR count). The molecule has 2 aliphatic rings. The summed E-state index contributed by atoms with van der Waals surface area (Å²) in [6.45, 7) is 15.3. The van der Waals surface area contributed by atoms with Gasteiger partial charge in [-0.05, 0) is 50.0 Å². The predicted octanol–water partition coefficient (Wildman–Crippen LogP) is 5.82. The van der Waals surface area contributed by atoms with Crippen LogP contribution in [0.1, 0.15) is 38.8 Å². The number of H-pyrrole nitrogens is 1. The summed E-state index contributed by atoms with van der Waals surface area (Å²) < 4.78 is 26.4. The minimum absolute atomic E-state index is 0.0742. The summed E-state index contributed by atoms with van der Waals surface area (Å²) in [6, 6.07) is 7.13. The SMILES string of the molecule is C=C(/C=C(\NC)C1CC1)Nc1cc(N2CCN(CCOC)CC2)nc(Oc2ccc3[nH]c(C)cc3c2F)n1.CCC. The number of fused-ring (bicyclic) bond motifs is 1. The summed E-state index contributed by atoms with van der Waals surface area (Å²) in [5.41, 5.74) is 3.45. The smallest absolute Gasteiger partial charge is 0.326 e. The van der Waals surface area contributed by atoms with E-state index in [2.05, 4.69) is 55.8 Å². The maximum Gasteiger partial charge on any atom is 0.326 e. The third kappa shape index (κ3) is 8.20. The van der Waals surface area contributed by atoms with Gasteiger partial charge in [0.2, 0.25) is 0 Å². The maximum atomic E-state index is 15.3. The van der Waals surface area contributed by atoms with Gasteiger partial charge in [-0.15, -0.1) is 0 Å². The number of aromatic nitrogens is 3. The van der Waals surface area contributed by atoms with Crippen LogP contribution in [0.5, 0.6) is 11.8 Å². The van der Waals surface area contributed by atoms with Crippen molar-refractivity contribution in [3.8, 4) is 11.8 Å². The minimum atomic E-state index is -0.447. The number of nitrogens with one attached hydrogen (secondary N) is 3. The molecule has 2 aromatic heterocycles. The highest BCUT2D eigenvalue weighted by molar-refractivity contribution is 5.82. The summed E-state index contributed by atoms with van der Waals surface area (Å²) in [5.74, 6) is 1.45. The van der Waals surface area contributed by atoms with Crippen molar-refractivity contribution in [3.05, 3.63) is 59.8 Å². The first-order valence-corrected chi connectivity index (χ1v) is 14.5. The van der Waals surface area contributed by atoms with Crippen LogP contribution >= 0.6 is 0 Å². The quantitative estimate of drug-likeness (QED) is 0.251. The maximum absolute atomic E-state index is 15.3. The summed E-state index contributed by atoms with van der Waals surface area (Å²) >= 11 is 0. The summed E-state index contributed by atoms with van der Waals surface area (Å²) in [4.78, 5) is 16.9. The number of halogens is 1. The molecule has 3 N–H and O–H groups in total. The lowest BCUT2D eigenvalue weighted by atomic mass is 10.2. The zero-order valence-corrected chi connectivity index (χ0v) is 25.0. The number of aryl methyl sites for hydroxylation is 1. The molecule has 0 amide bonds. The van der Waals surface area contributed by atoms with Crippen LogP contribution in [0, 0.1) is 18.7 Å². The minimum Gasteiger partial charge on any atom is -0.421 e. The third-order valence-corrected chi connectivity index (χ3v) is 6.96. The summed E-state index contributed by atoms with van der Waals surface area (Å²) in [7, 11) is 3.65. The number of hydrogen-bond donors (Lipinski definition) is 3. The molecule has 0 unspecified atom stereocenters. The van der Waals surface area contributed by atoms with Gasteiger partial charge < -0.3 is 30.0 Å². The number of allylic oxidation sites excluding steroid dienone is 2. The molecule has 3 aromatic rings. The summed E-state index contributed by atoms with van der Waals surface area (Å²) in [6.07, 6.45) is 5.63. The van der Waals surface area contributed by atoms with Crippen molar-refractivity contribution in [3.63, 3.8) is 0 Å². The number of aromatic amines is 1. The zero-order valence-electron chi connectivity index (χ0n) is 25.0. The Labute approximate surface area is 242 Å². The molecule has 1 saturated carbocycles. The molecule has 0 radical (unpaired) electrons. The van der Waals surface area contributed by atoms with Gasteiger partial charge in [-0.1, -0.05) is 26.8 Å². The van der Waals surface area contributed by atoms with Crippen molar-refractivity contribution >= 4 is 22.5 Å². The zero-order chi connectivity index (χ0) is 29.4. The third-order valence-electron chi connectivity index (χ3n) is 6.96. The molecular weight excluding hydrogens is 521 g/mol. The molecule has 3 heterocycles. The number of anilines is 2. The Bertz CT molecular complexity index is 1340. The van der Waals surface area contributed by atoms with Gasteiger partial charge in [-0.2, -0.15) is 9.97 Å². The number of benzene rings is 1. The lowest BCUT2D eigenvalue weighted by Crippen LogP contribution is -2.47. The number of rotatable bonds is 11. The van der Waals surface area contributed by atoms with Crippen LogP contribution in [0.2, 0.25) is 0 Å². The van der Waals surface area contributed by atoms with Crippen molar-refractivity contribution < 1.29 is 13.9 Å². The van der Waals surface area contributed by atoms with Gasteiger partial charge in [-0.3, -0.25) is 4.90 Å². The highest BCUT2D eigenvalue weighted by Gasteiger charge is 2.25. The number of methoxy groups -OCH3 is 1. The van der Waals surface area contributed by atoms with Gasteiger partial charge in [0, 0.05) is 80.9 Å². The Hall–Kier alpha value is -3.63. The molecule has 0 bridgehead atoms. The monoisotopic (exact) mass is 565 g/mol. The van der Waals surface area contributed by atoms with Gasteiger partial charge >= 0.3 is 6.01 Å². The van der Waals surface area contributed by atoms with Crippen LogP contribution in [0.3, 0.4) is 0 Å². The highest BCUT2D eigenvalue weighted by atomic mass is 19.1. The van der Waals surface area contributed by atoms with Gasteiger partial charge in [0.15, 0.2) is 11.6 Å². The van der Waals surface area contributed by atoms with Gasteiger partial charge in [-0.25, -0.2) is 4.39 Å². The molecule has 0 atom stereocenters. The Morgan fingerprint density at radius 3 is 2.56 bits per heavy atom. The van der Waals surface area contributed by atoms with Crippen LogP contribution < -0.4 is 20.3 Å². The van der Waals surface area contributed by atoms with E-state index in [1.807, 2.05) is 26.1 Å². The van der Waals surface area contributed by atoms with Crippen molar-refractivity contribution in [2.75, 3.05) is 63.7 Å². The van der Waals surface area contributed by atoms with Crippen molar-refractivity contribution in [2.24, 2.45) is 5.92 Å². The molecule has 222 valence electrons. The van der Waals surface area contributed by atoms with Crippen LogP contribution in [-0.2, 0) is 4.74 Å². The van der Waals surface area contributed by atoms with Crippen LogP contribution in [0.4, 0.5) is 16.0 Å². The topological polar surface area (TPSA) is 90.6 Å². The van der Waals surface area contributed by atoms with Crippen molar-refractivity contribution in [1.29, 1.82) is 0 Å². The first-order valence-electron chi connectivity index (χ1n) is 14.5. The van der Waals surface area contributed by atoms with E-state index in [1.165, 1.54) is 19.3 Å². The fourth-order valence-electron chi connectivity index (χ4n) is 4.75. The van der Waals surface area contributed by atoms with Crippen molar-refractivity contribution in [1.82, 2.24) is 25.2 Å². The number of hydrogen-bond acceptors (Lipinski definition) is 8. The second-order valence-corrected chi connectivity index (χ2v) is 10.6. The largest absolute Gasteiger partial charge is 0.421 e. The predicted molar refractivity (Wildman–Crippen MR) is 164 cm³/mol. The van der Waals surface area contributed by atoms with Crippen LogP contribution in [-0.4, -0.2) is 73.3 Å². The lowest BCUT2D eigenvalue weighted by molar-refractivity contribution is 0.144. The van der Waals surface area contributed by atoms with E-state index in [-0.39, 0.29) is 11.8 Å². The Morgan fingerprint density at radius 1 is 1.17 bits per heavy atom. The molecule has 9 nitrogen and oxygen atoms in total. The van der Waals surface area contributed by atoms with E-state index >= 15 is 4.39 Å². The second kappa shape index (κ2) is 14.3. The second-order valence-electron chi connectivity index (χ2n) is 10.6. The molecule has 41 heavy (non-hydrogen) atoms. The van der Waals surface area contributed by atoms with E-state index in [1.54, 1.807) is 25.3 Å². The lowest BCUT2D eigenvalue weighted by Gasteiger charge is -2.35. The van der Waals surface area contributed by atoms with Gasteiger partial charge in [0.05, 0.1) is 6.61 Å². The fraction of sp³-hybridized carbons (Fsp3) is 0.484. The fourth-order valence-corrected chi connectivity index (χ4v) is 4.75. The van der Waals surface area contributed by atoms with E-state index in [0.29, 0.717) is 29.4 Å². The van der Waals surface area contributed by atoms with Gasteiger partial charge in [0.1, 0.15) is 11.6 Å². The van der Waals surface area contributed by atoms with E-state index in [9.17, 15) is 0 Å². The average molecular weight is 566 g/mol. The van der Waals surface area contributed by atoms with E-state index < -0.39 is 5.82 Å². The number of piperazine rings is 1. The molecule has 1 aromatic carbocycles. The molecule has 1 aliphatic heterocycles. The Morgan fingerprint density at radius 2 is 1.90 bits per heavy atom. The van der Waals surface area contributed by atoms with Crippen LogP contribution in [0.25, 0.3) is 10.9 Å². The standard InChI is InChI=1S/C28H36FN7O2.C3H8/c1-18-15-21-22(31-18)7-8-24(27(21)29)38-28-33-25(32-19(2)16-23(30-3)20-5-6-20)17-26(34-28)36-11-9-35(10-12-36)13-14-37-4;1-3-2/h7-8,15-17,20,30-31H,2,5-6,9-14H2,1,3-4H3,(H,32,33,34);3H2,1-2H3/b23-16-;. The normalized spacial score (nSPS) is 15.9. The highest BCUT2D eigenvalue weighted by Crippen LogP contribution is 2.35. The van der Waals surface area contributed by atoms with E-state index in [4.69, 9.17) is 9.47 Å². The first kappa shape index (κ1) is 30.3. The number of nitrogens with zero attached hydrogens (tertiary/aromatic N) is 4. The Kier molecular flexibility index (Phi) is 10.6. The van der Waals surface area contributed by atoms with E-state index in [0.717, 1.165) is 55.4 Å². The molecule has 1 aliphatic carbocycles. The molecule has 0 spiro atoms. The molecule has 10 heteroatoms. The van der Waals surface area contributed by atoms with Crippen molar-refractivity contribution in [2.45, 2.75) is 40.0 Å². The summed E-state index contributed by atoms with van der Waals surface area (Å²) in [5, 5.41) is 7.02. The van der Waals surface area contributed by atoms with Gasteiger partial charge in [0.25, 0.3) is 0 Å². The molecular formula is C31H44FN7O2. The first-order chi connectivity index (χ1) is 19.8. The van der Waals surface area contributed by atoms with Crippen LogP contribution in [0.15, 0.2) is 48.3 Å². The Balaban J connectivity index is 0.00000124. The average Bonchev–Trinajstić information content (AvgIpc) is 3.73. The number of ether oxygens (including phenoxy) is 2.